The zero-order chi connectivity index (χ0) is 10.8. The van der Waals surface area contributed by atoms with Gasteiger partial charge in [-0.2, -0.15) is 0 Å². The summed E-state index contributed by atoms with van der Waals surface area (Å²) in [6, 6.07) is 0. The molecule has 0 aromatic heterocycles. The first kappa shape index (κ1) is 13.4. The van der Waals surface area contributed by atoms with E-state index in [1.807, 2.05) is 19.2 Å². The van der Waals surface area contributed by atoms with Crippen LogP contribution >= 0.6 is 0 Å². The SMILES string of the molecule is C=CCN(CC=C)CCN(C)CCO. The normalized spacial score (nSPS) is 10.9. The summed E-state index contributed by atoms with van der Waals surface area (Å²) in [4.78, 5) is 4.37. The lowest BCUT2D eigenvalue weighted by Crippen LogP contribution is -2.34. The van der Waals surface area contributed by atoms with E-state index in [4.69, 9.17) is 5.11 Å². The van der Waals surface area contributed by atoms with Gasteiger partial charge in [-0.15, -0.1) is 13.2 Å². The third-order valence-corrected chi connectivity index (χ3v) is 2.05. The molecule has 82 valence electrons. The fraction of sp³-hybridized carbons (Fsp3) is 0.636. The standard InChI is InChI=1S/C11H22N2O/c1-4-6-13(7-5-2)9-8-12(3)10-11-14/h4-5,14H,1-2,6-11H2,3H3. The molecule has 14 heavy (non-hydrogen) atoms. The molecule has 0 aromatic rings. The Morgan fingerprint density at radius 2 is 1.64 bits per heavy atom. The summed E-state index contributed by atoms with van der Waals surface area (Å²) < 4.78 is 0. The second-order valence-electron chi connectivity index (χ2n) is 3.36. The van der Waals surface area contributed by atoms with Crippen LogP contribution in [0.2, 0.25) is 0 Å². The van der Waals surface area contributed by atoms with Gasteiger partial charge in [-0.05, 0) is 7.05 Å². The highest BCUT2D eigenvalue weighted by Gasteiger charge is 2.02. The molecule has 0 heterocycles. The molecule has 0 aliphatic carbocycles. The zero-order valence-electron chi connectivity index (χ0n) is 9.15. The van der Waals surface area contributed by atoms with Crippen LogP contribution in [0.15, 0.2) is 25.3 Å². The topological polar surface area (TPSA) is 26.7 Å². The molecule has 0 unspecified atom stereocenters. The van der Waals surface area contributed by atoms with Crippen LogP contribution in [0.3, 0.4) is 0 Å². The minimum Gasteiger partial charge on any atom is -0.395 e. The van der Waals surface area contributed by atoms with Crippen molar-refractivity contribution in [2.75, 3.05) is 46.4 Å². The largest absolute Gasteiger partial charge is 0.395 e. The highest BCUT2D eigenvalue weighted by Crippen LogP contribution is 1.91. The molecule has 0 atom stereocenters. The quantitative estimate of drug-likeness (QED) is 0.549. The molecule has 0 spiro atoms. The Bertz CT molecular complexity index is 149. The summed E-state index contributed by atoms with van der Waals surface area (Å²) in [7, 11) is 2.01. The fourth-order valence-corrected chi connectivity index (χ4v) is 1.22. The summed E-state index contributed by atoms with van der Waals surface area (Å²) >= 11 is 0. The summed E-state index contributed by atoms with van der Waals surface area (Å²) in [5.41, 5.74) is 0. The predicted octanol–water partition coefficient (Wildman–Crippen LogP) is 0.585. The van der Waals surface area contributed by atoms with Crippen LogP contribution in [-0.4, -0.2) is 61.3 Å². The van der Waals surface area contributed by atoms with Gasteiger partial charge in [0.25, 0.3) is 0 Å². The number of nitrogens with zero attached hydrogens (tertiary/aromatic N) is 2. The molecule has 0 rings (SSSR count). The summed E-state index contributed by atoms with van der Waals surface area (Å²) in [5.74, 6) is 0. The van der Waals surface area contributed by atoms with E-state index in [0.717, 1.165) is 32.7 Å². The lowest BCUT2D eigenvalue weighted by molar-refractivity contribution is 0.201. The molecule has 0 fully saturated rings. The highest BCUT2D eigenvalue weighted by atomic mass is 16.3. The van der Waals surface area contributed by atoms with Gasteiger partial charge in [0.2, 0.25) is 0 Å². The smallest absolute Gasteiger partial charge is 0.0558 e. The highest BCUT2D eigenvalue weighted by molar-refractivity contribution is 4.80. The first-order valence-corrected chi connectivity index (χ1v) is 4.98. The van der Waals surface area contributed by atoms with Crippen LogP contribution in [-0.2, 0) is 0 Å². The molecule has 0 saturated carbocycles. The molecule has 0 aliphatic heterocycles. The van der Waals surface area contributed by atoms with Crippen molar-refractivity contribution in [3.05, 3.63) is 25.3 Å². The maximum Gasteiger partial charge on any atom is 0.0558 e. The van der Waals surface area contributed by atoms with Gasteiger partial charge in [-0.25, -0.2) is 0 Å². The van der Waals surface area contributed by atoms with Gasteiger partial charge in [0.1, 0.15) is 0 Å². The minimum atomic E-state index is 0.222. The molecule has 0 bridgehead atoms. The van der Waals surface area contributed by atoms with Crippen LogP contribution in [0.1, 0.15) is 0 Å². The van der Waals surface area contributed by atoms with E-state index in [1.54, 1.807) is 0 Å². The maximum atomic E-state index is 8.72. The monoisotopic (exact) mass is 198 g/mol. The van der Waals surface area contributed by atoms with Crippen molar-refractivity contribution < 1.29 is 5.11 Å². The van der Waals surface area contributed by atoms with Crippen molar-refractivity contribution in [2.45, 2.75) is 0 Å². The van der Waals surface area contributed by atoms with Crippen LogP contribution < -0.4 is 0 Å². The minimum absolute atomic E-state index is 0.222. The predicted molar refractivity (Wildman–Crippen MR) is 61.4 cm³/mol. The van der Waals surface area contributed by atoms with Gasteiger partial charge in [0.15, 0.2) is 0 Å². The maximum absolute atomic E-state index is 8.72. The van der Waals surface area contributed by atoms with Crippen molar-refractivity contribution in [3.63, 3.8) is 0 Å². The number of likely N-dealkylation sites (N-methyl/N-ethyl adjacent to an activating group) is 1. The lowest BCUT2D eigenvalue weighted by Gasteiger charge is -2.22. The third kappa shape index (κ3) is 6.83. The fourth-order valence-electron chi connectivity index (χ4n) is 1.22. The second-order valence-corrected chi connectivity index (χ2v) is 3.36. The molecule has 3 heteroatoms. The zero-order valence-corrected chi connectivity index (χ0v) is 9.15. The molecule has 1 N–H and O–H groups in total. The van der Waals surface area contributed by atoms with E-state index in [0.29, 0.717) is 0 Å². The van der Waals surface area contributed by atoms with E-state index < -0.39 is 0 Å². The van der Waals surface area contributed by atoms with Gasteiger partial charge >= 0.3 is 0 Å². The Morgan fingerprint density at radius 1 is 1.07 bits per heavy atom. The number of aliphatic hydroxyl groups is 1. The molecule has 0 aromatic carbocycles. The number of hydrogen-bond acceptors (Lipinski definition) is 3. The van der Waals surface area contributed by atoms with Gasteiger partial charge in [-0.1, -0.05) is 12.2 Å². The Balaban J connectivity index is 3.67. The van der Waals surface area contributed by atoms with Gasteiger partial charge in [-0.3, -0.25) is 4.90 Å². The van der Waals surface area contributed by atoms with Crippen molar-refractivity contribution in [2.24, 2.45) is 0 Å². The van der Waals surface area contributed by atoms with E-state index in [-0.39, 0.29) is 6.61 Å². The Hall–Kier alpha value is -0.640. The average Bonchev–Trinajstić information content (AvgIpc) is 2.15. The Labute approximate surface area is 87.3 Å². The molecular formula is C11H22N2O. The van der Waals surface area contributed by atoms with Crippen molar-refractivity contribution in [3.8, 4) is 0 Å². The Morgan fingerprint density at radius 3 is 2.07 bits per heavy atom. The van der Waals surface area contributed by atoms with Gasteiger partial charge in [0, 0.05) is 32.7 Å². The third-order valence-electron chi connectivity index (χ3n) is 2.05. The molecule has 0 amide bonds. The lowest BCUT2D eigenvalue weighted by atomic mass is 10.4. The Kier molecular flexibility index (Phi) is 8.53. The van der Waals surface area contributed by atoms with Crippen molar-refractivity contribution in [1.29, 1.82) is 0 Å². The van der Waals surface area contributed by atoms with Crippen molar-refractivity contribution in [1.82, 2.24) is 9.80 Å². The van der Waals surface area contributed by atoms with Crippen LogP contribution in [0, 0.1) is 0 Å². The molecule has 0 radical (unpaired) electrons. The van der Waals surface area contributed by atoms with Crippen molar-refractivity contribution >= 4 is 0 Å². The van der Waals surface area contributed by atoms with Crippen LogP contribution in [0.25, 0.3) is 0 Å². The molecule has 0 aliphatic rings. The second kappa shape index (κ2) is 8.94. The summed E-state index contributed by atoms with van der Waals surface area (Å²) in [6.45, 7) is 12.1. The average molecular weight is 198 g/mol. The number of hydrogen-bond donors (Lipinski definition) is 1. The van der Waals surface area contributed by atoms with E-state index in [2.05, 4.69) is 23.0 Å². The summed E-state index contributed by atoms with van der Waals surface area (Å²) in [5, 5.41) is 8.72. The van der Waals surface area contributed by atoms with Gasteiger partial charge in [0.05, 0.1) is 6.61 Å². The first-order chi connectivity index (χ1) is 6.74. The van der Waals surface area contributed by atoms with E-state index in [1.165, 1.54) is 0 Å². The molecule has 3 nitrogen and oxygen atoms in total. The van der Waals surface area contributed by atoms with Crippen LogP contribution in [0.4, 0.5) is 0 Å². The summed E-state index contributed by atoms with van der Waals surface area (Å²) in [6.07, 6.45) is 3.80. The van der Waals surface area contributed by atoms with Crippen LogP contribution in [0.5, 0.6) is 0 Å². The number of aliphatic hydroxyl groups excluding tert-OH is 1. The first-order valence-electron chi connectivity index (χ1n) is 4.98. The molecule has 0 saturated heterocycles. The molecular weight excluding hydrogens is 176 g/mol. The van der Waals surface area contributed by atoms with Gasteiger partial charge < -0.3 is 10.0 Å². The van der Waals surface area contributed by atoms with E-state index in [9.17, 15) is 0 Å². The number of rotatable bonds is 9. The van der Waals surface area contributed by atoms with E-state index >= 15 is 0 Å².